The fourth-order valence-corrected chi connectivity index (χ4v) is 2.61. The number of H-pyrrole nitrogens is 1. The number of nitrogens with zero attached hydrogens (tertiary/aromatic N) is 1. The fraction of sp³-hybridized carbons (Fsp3) is 0.692. The van der Waals surface area contributed by atoms with E-state index in [1.54, 1.807) is 0 Å². The van der Waals surface area contributed by atoms with Gasteiger partial charge in [0, 0.05) is 6.54 Å². The molecule has 0 saturated heterocycles. The van der Waals surface area contributed by atoms with E-state index in [0.29, 0.717) is 22.5 Å². The number of carbonyl (C=O) groups is 1. The summed E-state index contributed by atoms with van der Waals surface area (Å²) >= 11 is 3.38. The summed E-state index contributed by atoms with van der Waals surface area (Å²) in [7, 11) is 0. The average Bonchev–Trinajstić information content (AvgIpc) is 2.67. The summed E-state index contributed by atoms with van der Waals surface area (Å²) in [6.07, 6.45) is 0.144. The zero-order chi connectivity index (χ0) is 14.6. The molecule has 1 aromatic heterocycles. The summed E-state index contributed by atoms with van der Waals surface area (Å²) < 4.78 is 0.693. The van der Waals surface area contributed by atoms with Crippen molar-refractivity contribution in [1.82, 2.24) is 15.5 Å². The predicted molar refractivity (Wildman–Crippen MR) is 78.2 cm³/mol. The standard InChI is InChI=1S/C13H22BrN3O2/c1-7(2)5-9(18)6-15-13(19)12-10(14)11(8(3)4)16-17-12/h7-9,18H,5-6H2,1-4H3,(H,15,19)(H,16,17). The van der Waals surface area contributed by atoms with Gasteiger partial charge < -0.3 is 10.4 Å². The van der Waals surface area contributed by atoms with Crippen LogP contribution in [0, 0.1) is 5.92 Å². The van der Waals surface area contributed by atoms with Gasteiger partial charge in [0.15, 0.2) is 5.69 Å². The van der Waals surface area contributed by atoms with Gasteiger partial charge >= 0.3 is 0 Å². The first-order chi connectivity index (χ1) is 8.82. The number of amides is 1. The van der Waals surface area contributed by atoms with Crippen LogP contribution in [0.4, 0.5) is 0 Å². The number of halogens is 1. The Morgan fingerprint density at radius 3 is 2.53 bits per heavy atom. The monoisotopic (exact) mass is 331 g/mol. The van der Waals surface area contributed by atoms with Crippen molar-refractivity contribution in [2.24, 2.45) is 5.92 Å². The molecule has 0 radical (unpaired) electrons. The quantitative estimate of drug-likeness (QED) is 0.749. The van der Waals surface area contributed by atoms with Crippen molar-refractivity contribution in [1.29, 1.82) is 0 Å². The Morgan fingerprint density at radius 2 is 2.05 bits per heavy atom. The molecule has 0 aliphatic rings. The van der Waals surface area contributed by atoms with Crippen LogP contribution in [0.5, 0.6) is 0 Å². The van der Waals surface area contributed by atoms with Crippen molar-refractivity contribution < 1.29 is 9.90 Å². The summed E-state index contributed by atoms with van der Waals surface area (Å²) in [6.45, 7) is 8.35. The number of rotatable bonds is 6. The number of nitrogens with one attached hydrogen (secondary N) is 2. The van der Waals surface area contributed by atoms with E-state index in [2.05, 4.69) is 31.4 Å². The van der Waals surface area contributed by atoms with Crippen molar-refractivity contribution in [2.45, 2.75) is 46.1 Å². The van der Waals surface area contributed by atoms with Crippen molar-refractivity contribution in [2.75, 3.05) is 6.54 Å². The zero-order valence-electron chi connectivity index (χ0n) is 11.8. The Kier molecular flexibility index (Phi) is 6.00. The molecule has 3 N–H and O–H groups in total. The lowest BCUT2D eigenvalue weighted by Crippen LogP contribution is -2.33. The van der Waals surface area contributed by atoms with Crippen molar-refractivity contribution in [3.63, 3.8) is 0 Å². The van der Waals surface area contributed by atoms with Crippen molar-refractivity contribution in [3.05, 3.63) is 15.9 Å². The third-order valence-electron chi connectivity index (χ3n) is 2.77. The van der Waals surface area contributed by atoms with Crippen LogP contribution in [0.2, 0.25) is 0 Å². The summed E-state index contributed by atoms with van der Waals surface area (Å²) in [5, 5.41) is 19.3. The van der Waals surface area contributed by atoms with Gasteiger partial charge in [0.25, 0.3) is 5.91 Å². The third-order valence-corrected chi connectivity index (χ3v) is 3.57. The van der Waals surface area contributed by atoms with Crippen molar-refractivity contribution >= 4 is 21.8 Å². The summed E-state index contributed by atoms with van der Waals surface area (Å²) in [5.41, 5.74) is 1.23. The van der Waals surface area contributed by atoms with E-state index in [1.165, 1.54) is 0 Å². The van der Waals surface area contributed by atoms with Crippen LogP contribution in [0.1, 0.15) is 56.2 Å². The Balaban J connectivity index is 2.59. The predicted octanol–water partition coefficient (Wildman–Crippen LogP) is 2.43. The van der Waals surface area contributed by atoms with Crippen LogP contribution >= 0.6 is 15.9 Å². The Morgan fingerprint density at radius 1 is 1.42 bits per heavy atom. The molecular formula is C13H22BrN3O2. The van der Waals surface area contributed by atoms with Gasteiger partial charge in [0.2, 0.25) is 0 Å². The molecular weight excluding hydrogens is 310 g/mol. The van der Waals surface area contributed by atoms with E-state index < -0.39 is 6.10 Å². The van der Waals surface area contributed by atoms with E-state index in [4.69, 9.17) is 0 Å². The van der Waals surface area contributed by atoms with Crippen LogP contribution in [0.15, 0.2) is 4.47 Å². The van der Waals surface area contributed by atoms with Gasteiger partial charge in [-0.1, -0.05) is 27.7 Å². The molecule has 1 heterocycles. The lowest BCUT2D eigenvalue weighted by molar-refractivity contribution is 0.0894. The van der Waals surface area contributed by atoms with Gasteiger partial charge in [-0.15, -0.1) is 0 Å². The van der Waals surface area contributed by atoms with E-state index in [0.717, 1.165) is 5.69 Å². The van der Waals surface area contributed by atoms with Gasteiger partial charge in [0.05, 0.1) is 16.3 Å². The molecule has 1 aromatic rings. The van der Waals surface area contributed by atoms with Crippen LogP contribution in [0.3, 0.4) is 0 Å². The molecule has 0 fully saturated rings. The molecule has 0 saturated carbocycles. The minimum Gasteiger partial charge on any atom is -0.391 e. The first-order valence-electron chi connectivity index (χ1n) is 6.52. The average molecular weight is 332 g/mol. The molecule has 1 rings (SSSR count). The molecule has 1 atom stereocenters. The Labute approximate surface area is 122 Å². The Hall–Kier alpha value is -0.880. The minimum atomic E-state index is -0.522. The van der Waals surface area contributed by atoms with Crippen molar-refractivity contribution in [3.8, 4) is 0 Å². The highest BCUT2D eigenvalue weighted by Crippen LogP contribution is 2.25. The molecule has 0 aliphatic heterocycles. The normalized spacial score (nSPS) is 13.1. The molecule has 5 nitrogen and oxygen atoms in total. The minimum absolute atomic E-state index is 0.243. The topological polar surface area (TPSA) is 78.0 Å². The third kappa shape index (κ3) is 4.62. The molecule has 6 heteroatoms. The largest absolute Gasteiger partial charge is 0.391 e. The SMILES string of the molecule is CC(C)CC(O)CNC(=O)c1n[nH]c(C(C)C)c1Br. The highest BCUT2D eigenvalue weighted by molar-refractivity contribution is 9.10. The lowest BCUT2D eigenvalue weighted by atomic mass is 10.1. The van der Waals surface area contributed by atoms with E-state index in [9.17, 15) is 9.90 Å². The summed E-state index contributed by atoms with van der Waals surface area (Å²) in [5.74, 6) is 0.379. The van der Waals surface area contributed by atoms with Crippen LogP contribution in [0.25, 0.3) is 0 Å². The number of hydrogen-bond donors (Lipinski definition) is 3. The van der Waals surface area contributed by atoms with Gasteiger partial charge in [-0.2, -0.15) is 5.10 Å². The Bertz CT molecular complexity index is 430. The number of aromatic nitrogens is 2. The molecule has 0 bridgehead atoms. The molecule has 0 aliphatic carbocycles. The maximum atomic E-state index is 12.0. The molecule has 108 valence electrons. The smallest absolute Gasteiger partial charge is 0.273 e. The fourth-order valence-electron chi connectivity index (χ4n) is 1.80. The second-order valence-corrected chi connectivity index (χ2v) is 6.24. The first kappa shape index (κ1) is 16.2. The highest BCUT2D eigenvalue weighted by Gasteiger charge is 2.19. The lowest BCUT2D eigenvalue weighted by Gasteiger charge is -2.13. The summed E-state index contributed by atoms with van der Waals surface area (Å²) in [6, 6.07) is 0. The highest BCUT2D eigenvalue weighted by atomic mass is 79.9. The van der Waals surface area contributed by atoms with Gasteiger partial charge in [-0.3, -0.25) is 9.89 Å². The molecule has 0 spiro atoms. The number of aliphatic hydroxyl groups is 1. The van der Waals surface area contributed by atoms with Crippen LogP contribution in [-0.2, 0) is 0 Å². The van der Waals surface area contributed by atoms with E-state index in [1.807, 2.05) is 27.7 Å². The molecule has 19 heavy (non-hydrogen) atoms. The summed E-state index contributed by atoms with van der Waals surface area (Å²) in [4.78, 5) is 12.0. The number of carbonyl (C=O) groups excluding carboxylic acids is 1. The molecule has 1 amide bonds. The number of aromatic amines is 1. The van der Waals surface area contributed by atoms with Gasteiger partial charge in [0.1, 0.15) is 0 Å². The number of hydrogen-bond acceptors (Lipinski definition) is 3. The van der Waals surface area contributed by atoms with E-state index >= 15 is 0 Å². The van der Waals surface area contributed by atoms with Crippen LogP contribution in [-0.4, -0.2) is 33.9 Å². The van der Waals surface area contributed by atoms with Gasteiger partial charge in [-0.25, -0.2) is 0 Å². The second kappa shape index (κ2) is 7.05. The zero-order valence-corrected chi connectivity index (χ0v) is 13.4. The van der Waals surface area contributed by atoms with Gasteiger partial charge in [-0.05, 0) is 34.2 Å². The van der Waals surface area contributed by atoms with E-state index in [-0.39, 0.29) is 18.4 Å². The molecule has 1 unspecified atom stereocenters. The molecule has 0 aromatic carbocycles. The maximum absolute atomic E-state index is 12.0. The second-order valence-electron chi connectivity index (χ2n) is 5.45. The van der Waals surface area contributed by atoms with Crippen LogP contribution < -0.4 is 5.32 Å². The maximum Gasteiger partial charge on any atom is 0.273 e. The first-order valence-corrected chi connectivity index (χ1v) is 7.32. The number of aliphatic hydroxyl groups excluding tert-OH is 1.